The molecule has 0 aliphatic carbocycles. The second-order valence-corrected chi connectivity index (χ2v) is 10.9. The van der Waals surface area contributed by atoms with Gasteiger partial charge in [0.05, 0.1) is 19.3 Å². The summed E-state index contributed by atoms with van der Waals surface area (Å²) in [6.45, 7) is 2.34. The molecule has 1 atom stereocenters. The standard InChI is InChI=1S/C29H34N2O7S/c1-3-14-39(35,36)31-25(29(33)34)16-22-10-7-11-24(15-22)19-30-28(32)18-23-12-13-26(27(17-23)37-2)38-20-21-8-5-4-6-9-21/h4-13,15,17,25,31H,3,14,16,18-20H2,1-2H3,(H,30,32)(H,33,34). The molecule has 39 heavy (non-hydrogen) atoms. The number of carboxylic acid groups (broad SMARTS) is 1. The molecule has 208 valence electrons. The summed E-state index contributed by atoms with van der Waals surface area (Å²) < 4.78 is 37.7. The quantitative estimate of drug-likeness (QED) is 0.262. The Hall–Kier alpha value is -3.89. The van der Waals surface area contributed by atoms with Crippen LogP contribution in [0, 0.1) is 0 Å². The molecule has 10 heteroatoms. The molecule has 3 rings (SSSR count). The molecule has 1 unspecified atom stereocenters. The van der Waals surface area contributed by atoms with Crippen molar-refractivity contribution in [1.29, 1.82) is 0 Å². The highest BCUT2D eigenvalue weighted by Crippen LogP contribution is 2.29. The number of hydrogen-bond acceptors (Lipinski definition) is 6. The Balaban J connectivity index is 1.56. The molecule has 0 bridgehead atoms. The van der Waals surface area contributed by atoms with E-state index in [0.29, 0.717) is 30.1 Å². The average molecular weight is 555 g/mol. The number of rotatable bonds is 15. The molecular weight excluding hydrogens is 520 g/mol. The SMILES string of the molecule is CCCS(=O)(=O)NC(Cc1cccc(CNC(=O)Cc2ccc(OCc3ccccc3)c(OC)c2)c1)C(=O)O. The van der Waals surface area contributed by atoms with Crippen LogP contribution in [0.2, 0.25) is 0 Å². The molecular formula is C29H34N2O7S. The summed E-state index contributed by atoms with van der Waals surface area (Å²) in [7, 11) is -2.14. The molecule has 0 aromatic heterocycles. The van der Waals surface area contributed by atoms with Gasteiger partial charge in [-0.2, -0.15) is 0 Å². The summed E-state index contributed by atoms with van der Waals surface area (Å²) in [5.74, 6) is -0.472. The zero-order valence-corrected chi connectivity index (χ0v) is 22.9. The maximum atomic E-state index is 12.6. The third-order valence-electron chi connectivity index (χ3n) is 5.84. The lowest BCUT2D eigenvalue weighted by Gasteiger charge is -2.15. The van der Waals surface area contributed by atoms with Crippen molar-refractivity contribution in [3.63, 3.8) is 0 Å². The first-order valence-corrected chi connectivity index (χ1v) is 14.2. The van der Waals surface area contributed by atoms with Crippen LogP contribution in [0.4, 0.5) is 0 Å². The third kappa shape index (κ3) is 9.73. The minimum Gasteiger partial charge on any atom is -0.493 e. The maximum Gasteiger partial charge on any atom is 0.322 e. The Bertz CT molecular complexity index is 1360. The summed E-state index contributed by atoms with van der Waals surface area (Å²) in [6.07, 6.45) is 0.504. The van der Waals surface area contributed by atoms with Gasteiger partial charge in [0.1, 0.15) is 12.6 Å². The van der Waals surface area contributed by atoms with Gasteiger partial charge in [-0.3, -0.25) is 9.59 Å². The van der Waals surface area contributed by atoms with Crippen LogP contribution < -0.4 is 19.5 Å². The zero-order valence-electron chi connectivity index (χ0n) is 22.1. The second-order valence-electron chi connectivity index (χ2n) is 9.06. The van der Waals surface area contributed by atoms with Gasteiger partial charge in [-0.1, -0.05) is 67.6 Å². The largest absolute Gasteiger partial charge is 0.493 e. The summed E-state index contributed by atoms with van der Waals surface area (Å²) in [5, 5.41) is 12.4. The van der Waals surface area contributed by atoms with E-state index in [4.69, 9.17) is 9.47 Å². The maximum absolute atomic E-state index is 12.6. The van der Waals surface area contributed by atoms with Crippen LogP contribution >= 0.6 is 0 Å². The predicted molar refractivity (Wildman–Crippen MR) is 148 cm³/mol. The second kappa shape index (κ2) is 14.3. The lowest BCUT2D eigenvalue weighted by atomic mass is 10.0. The van der Waals surface area contributed by atoms with Gasteiger partial charge in [0, 0.05) is 6.54 Å². The van der Waals surface area contributed by atoms with Gasteiger partial charge in [0.25, 0.3) is 0 Å². The first-order valence-electron chi connectivity index (χ1n) is 12.6. The number of nitrogens with one attached hydrogen (secondary N) is 2. The molecule has 3 N–H and O–H groups in total. The molecule has 3 aromatic carbocycles. The number of aliphatic carboxylic acids is 1. The molecule has 0 spiro atoms. The molecule has 3 aromatic rings. The van der Waals surface area contributed by atoms with Gasteiger partial charge >= 0.3 is 5.97 Å². The Labute approximate surface area is 229 Å². The van der Waals surface area contributed by atoms with E-state index in [9.17, 15) is 23.1 Å². The van der Waals surface area contributed by atoms with E-state index in [0.717, 1.165) is 16.7 Å². The highest BCUT2D eigenvalue weighted by Gasteiger charge is 2.24. The van der Waals surface area contributed by atoms with Gasteiger partial charge in [0.2, 0.25) is 15.9 Å². The molecule has 0 radical (unpaired) electrons. The molecule has 0 fully saturated rings. The van der Waals surface area contributed by atoms with Crippen LogP contribution in [-0.2, 0) is 45.6 Å². The van der Waals surface area contributed by atoms with E-state index < -0.39 is 22.0 Å². The number of carbonyl (C=O) groups excluding carboxylic acids is 1. The first kappa shape index (κ1) is 29.7. The van der Waals surface area contributed by atoms with Crippen molar-refractivity contribution in [3.8, 4) is 11.5 Å². The molecule has 0 aliphatic rings. The lowest BCUT2D eigenvalue weighted by Crippen LogP contribution is -2.43. The fraction of sp³-hybridized carbons (Fsp3) is 0.310. The summed E-state index contributed by atoms with van der Waals surface area (Å²) in [4.78, 5) is 24.2. The number of carbonyl (C=O) groups is 2. The number of ether oxygens (including phenoxy) is 2. The number of benzene rings is 3. The van der Waals surface area contributed by atoms with E-state index >= 15 is 0 Å². The van der Waals surface area contributed by atoms with Gasteiger partial charge < -0.3 is 19.9 Å². The van der Waals surface area contributed by atoms with Crippen molar-refractivity contribution in [2.45, 2.75) is 45.4 Å². The number of hydrogen-bond donors (Lipinski definition) is 3. The Morgan fingerprint density at radius 3 is 2.31 bits per heavy atom. The minimum atomic E-state index is -3.69. The monoisotopic (exact) mass is 554 g/mol. The third-order valence-corrected chi connectivity index (χ3v) is 7.43. The number of sulfonamides is 1. The van der Waals surface area contributed by atoms with E-state index in [2.05, 4.69) is 10.0 Å². The Morgan fingerprint density at radius 2 is 1.62 bits per heavy atom. The summed E-state index contributed by atoms with van der Waals surface area (Å²) >= 11 is 0. The Morgan fingerprint density at radius 1 is 0.897 bits per heavy atom. The van der Waals surface area contributed by atoms with Crippen LogP contribution in [0.15, 0.2) is 72.8 Å². The minimum absolute atomic E-state index is 0.0153. The molecule has 0 saturated carbocycles. The van der Waals surface area contributed by atoms with E-state index in [1.165, 1.54) is 0 Å². The van der Waals surface area contributed by atoms with Crippen molar-refractivity contribution < 1.29 is 32.6 Å². The van der Waals surface area contributed by atoms with Crippen LogP contribution in [0.3, 0.4) is 0 Å². The van der Waals surface area contributed by atoms with Crippen LogP contribution in [0.25, 0.3) is 0 Å². The fourth-order valence-corrected chi connectivity index (χ4v) is 5.22. The smallest absolute Gasteiger partial charge is 0.322 e. The molecule has 0 aliphatic heterocycles. The highest BCUT2D eigenvalue weighted by molar-refractivity contribution is 7.89. The zero-order chi connectivity index (χ0) is 28.3. The van der Waals surface area contributed by atoms with Gasteiger partial charge in [-0.25, -0.2) is 13.1 Å². The van der Waals surface area contributed by atoms with Crippen LogP contribution in [0.1, 0.15) is 35.6 Å². The van der Waals surface area contributed by atoms with Gasteiger partial charge in [-0.15, -0.1) is 0 Å². The van der Waals surface area contributed by atoms with E-state index in [1.54, 1.807) is 44.4 Å². The number of methoxy groups -OCH3 is 1. The number of carboxylic acids is 1. The van der Waals surface area contributed by atoms with E-state index in [-0.39, 0.29) is 31.0 Å². The van der Waals surface area contributed by atoms with Gasteiger partial charge in [0.15, 0.2) is 11.5 Å². The summed E-state index contributed by atoms with van der Waals surface area (Å²) in [6, 6.07) is 20.9. The topological polar surface area (TPSA) is 131 Å². The lowest BCUT2D eigenvalue weighted by molar-refractivity contribution is -0.138. The molecule has 0 heterocycles. The molecule has 1 amide bonds. The van der Waals surface area contributed by atoms with Crippen molar-refractivity contribution in [2.75, 3.05) is 12.9 Å². The predicted octanol–water partition coefficient (Wildman–Crippen LogP) is 3.46. The number of amides is 1. The normalized spacial score (nSPS) is 11.9. The van der Waals surface area contributed by atoms with Crippen molar-refractivity contribution in [2.24, 2.45) is 0 Å². The van der Waals surface area contributed by atoms with Crippen LogP contribution in [0.5, 0.6) is 11.5 Å². The Kier molecular flexibility index (Phi) is 10.9. The van der Waals surface area contributed by atoms with Crippen molar-refractivity contribution in [1.82, 2.24) is 10.0 Å². The first-order chi connectivity index (χ1) is 18.7. The van der Waals surface area contributed by atoms with Crippen molar-refractivity contribution >= 4 is 21.9 Å². The van der Waals surface area contributed by atoms with Crippen LogP contribution in [-0.4, -0.2) is 44.3 Å². The average Bonchev–Trinajstić information content (AvgIpc) is 2.91. The highest BCUT2D eigenvalue weighted by atomic mass is 32.2. The molecule has 9 nitrogen and oxygen atoms in total. The molecule has 0 saturated heterocycles. The van der Waals surface area contributed by atoms with E-state index in [1.807, 2.05) is 42.5 Å². The fourth-order valence-electron chi connectivity index (χ4n) is 3.95. The summed E-state index contributed by atoms with van der Waals surface area (Å²) in [5.41, 5.74) is 3.20. The van der Waals surface area contributed by atoms with Crippen molar-refractivity contribution in [3.05, 3.63) is 95.1 Å². The van der Waals surface area contributed by atoms with Gasteiger partial charge in [-0.05, 0) is 47.2 Å².